The van der Waals surface area contributed by atoms with Crippen LogP contribution in [0.25, 0.3) is 0 Å². The Hall–Kier alpha value is 1.22. The van der Waals surface area contributed by atoms with E-state index in [4.69, 9.17) is 0 Å². The first kappa shape index (κ1) is 22.5. The number of hydrogen-bond acceptors (Lipinski definition) is 3. The Bertz CT molecular complexity index is 521. The van der Waals surface area contributed by atoms with Gasteiger partial charge in [-0.05, 0) is 92.3 Å². The minimum absolute atomic E-state index is 0. The van der Waals surface area contributed by atoms with Gasteiger partial charge in [0.2, 0.25) is 0 Å². The standard InChI is InChI=1S/C20H30NO2.CH4.Rb/c1-19-8-7-18-16(17(19)5-3-14(19)11-21)4-2-13-10-15(23)6-9-20(13,18)12-22;;/h13-18,23H,2-10,12H2,1H3;1H4;/q-1;;+1/t13?,14?,15-,16?,17?,18?,19?,20?;;/m1../s1. The van der Waals surface area contributed by atoms with Gasteiger partial charge in [0.05, 0.1) is 18.1 Å². The number of aliphatic hydroxyl groups is 1. The molecular weight excluding hydrogens is 384 g/mol. The maximum absolute atomic E-state index is 12.4. The number of rotatable bonds is 1. The monoisotopic (exact) mass is 417 g/mol. The van der Waals surface area contributed by atoms with Crippen molar-refractivity contribution in [2.45, 2.75) is 78.2 Å². The van der Waals surface area contributed by atoms with Gasteiger partial charge in [0.25, 0.3) is 0 Å². The molecule has 0 amide bonds. The summed E-state index contributed by atoms with van der Waals surface area (Å²) < 4.78 is 0. The third kappa shape index (κ3) is 3.30. The smallest absolute Gasteiger partial charge is 0.854 e. The first-order valence-electron chi connectivity index (χ1n) is 9.71. The Labute approximate surface area is 202 Å². The summed E-state index contributed by atoms with van der Waals surface area (Å²) in [6, 6.07) is 2.59. The van der Waals surface area contributed by atoms with E-state index in [0.29, 0.717) is 23.7 Å². The van der Waals surface area contributed by atoms with Crippen molar-refractivity contribution in [1.29, 1.82) is 5.26 Å². The Morgan fingerprint density at radius 1 is 1.08 bits per heavy atom. The molecule has 0 aromatic heterocycles. The summed E-state index contributed by atoms with van der Waals surface area (Å²) in [6.07, 6.45) is 9.32. The Morgan fingerprint density at radius 2 is 1.84 bits per heavy atom. The molecule has 4 saturated carbocycles. The van der Waals surface area contributed by atoms with E-state index in [1.165, 1.54) is 12.8 Å². The molecule has 136 valence electrons. The minimum Gasteiger partial charge on any atom is -0.854 e. The minimum atomic E-state index is -0.181. The van der Waals surface area contributed by atoms with Gasteiger partial charge in [-0.1, -0.05) is 14.4 Å². The number of nitriles is 1. The van der Waals surface area contributed by atoms with E-state index < -0.39 is 0 Å². The topological polar surface area (TPSA) is 67.1 Å². The zero-order chi connectivity index (χ0) is 16.2. The van der Waals surface area contributed by atoms with E-state index >= 15 is 0 Å². The van der Waals surface area contributed by atoms with Crippen molar-refractivity contribution < 1.29 is 68.4 Å². The van der Waals surface area contributed by atoms with Crippen molar-refractivity contribution in [2.75, 3.05) is 6.61 Å². The Morgan fingerprint density at radius 3 is 2.52 bits per heavy atom. The predicted molar refractivity (Wildman–Crippen MR) is 92.8 cm³/mol. The molecule has 8 atom stereocenters. The van der Waals surface area contributed by atoms with Crippen molar-refractivity contribution in [3.05, 3.63) is 0 Å². The van der Waals surface area contributed by atoms with Crippen LogP contribution >= 0.6 is 0 Å². The molecule has 25 heavy (non-hydrogen) atoms. The van der Waals surface area contributed by atoms with Crippen LogP contribution in [0.5, 0.6) is 0 Å². The fraction of sp³-hybridized carbons (Fsp3) is 0.952. The normalized spacial score (nSPS) is 51.0. The molecular formula is C21H34NO2Rb. The molecule has 4 rings (SSSR count). The second kappa shape index (κ2) is 8.30. The van der Waals surface area contributed by atoms with Crippen LogP contribution in [0.1, 0.15) is 72.1 Å². The fourth-order valence-corrected chi connectivity index (χ4v) is 7.52. The SMILES string of the molecule is C.CC12CCC3C(CCC4C[C@H](O)CCC43C[O-])C1CCC2C#N.[Rb+]. The van der Waals surface area contributed by atoms with Crippen LogP contribution in [0.15, 0.2) is 0 Å². The molecule has 0 aromatic rings. The first-order valence-corrected chi connectivity index (χ1v) is 9.71. The second-order valence-corrected chi connectivity index (χ2v) is 9.26. The summed E-state index contributed by atoms with van der Waals surface area (Å²) in [5.74, 6) is 2.54. The molecule has 4 aliphatic rings. The number of hydrogen-bond donors (Lipinski definition) is 1. The summed E-state index contributed by atoms with van der Waals surface area (Å²) in [5.41, 5.74) is 0.148. The van der Waals surface area contributed by atoms with E-state index in [-0.39, 0.29) is 95.1 Å². The third-order valence-electron chi connectivity index (χ3n) is 8.76. The number of aliphatic hydroxyl groups excluding tert-OH is 1. The molecule has 0 heterocycles. The zero-order valence-electron chi connectivity index (χ0n) is 15.3. The van der Waals surface area contributed by atoms with Gasteiger partial charge < -0.3 is 10.2 Å². The fourth-order valence-electron chi connectivity index (χ4n) is 7.52. The zero-order valence-corrected chi connectivity index (χ0v) is 20.3. The maximum atomic E-state index is 12.4. The molecule has 4 fully saturated rings. The van der Waals surface area contributed by atoms with Gasteiger partial charge in [0.15, 0.2) is 0 Å². The van der Waals surface area contributed by atoms with Gasteiger partial charge in [-0.25, -0.2) is 0 Å². The van der Waals surface area contributed by atoms with E-state index in [2.05, 4.69) is 13.0 Å². The van der Waals surface area contributed by atoms with Crippen molar-refractivity contribution in [3.63, 3.8) is 0 Å². The second-order valence-electron chi connectivity index (χ2n) is 9.26. The van der Waals surface area contributed by atoms with Gasteiger partial charge in [0.1, 0.15) is 0 Å². The Balaban J connectivity index is 0.00000113. The average molecular weight is 418 g/mol. The average Bonchev–Trinajstić information content (AvgIpc) is 2.90. The third-order valence-corrected chi connectivity index (χ3v) is 8.76. The van der Waals surface area contributed by atoms with Gasteiger partial charge in [-0.3, -0.25) is 0 Å². The predicted octanol–water partition coefficient (Wildman–Crippen LogP) is 0.510. The molecule has 0 aromatic carbocycles. The van der Waals surface area contributed by atoms with Crippen LogP contribution in [-0.2, 0) is 0 Å². The molecule has 0 bridgehead atoms. The molecule has 4 heteroatoms. The van der Waals surface area contributed by atoms with Crippen LogP contribution in [-0.4, -0.2) is 17.8 Å². The molecule has 1 N–H and O–H groups in total. The van der Waals surface area contributed by atoms with Crippen LogP contribution in [0.3, 0.4) is 0 Å². The first-order chi connectivity index (χ1) is 11.0. The summed E-state index contributed by atoms with van der Waals surface area (Å²) in [6.45, 7) is 2.41. The maximum Gasteiger partial charge on any atom is 1.00 e. The van der Waals surface area contributed by atoms with Crippen LogP contribution in [0.2, 0.25) is 0 Å². The van der Waals surface area contributed by atoms with E-state index in [0.717, 1.165) is 44.9 Å². The van der Waals surface area contributed by atoms with E-state index in [1.54, 1.807) is 0 Å². The number of nitrogens with zero attached hydrogens (tertiary/aromatic N) is 1. The molecule has 0 aliphatic heterocycles. The van der Waals surface area contributed by atoms with Crippen molar-refractivity contribution in [1.82, 2.24) is 0 Å². The molecule has 4 aliphatic carbocycles. The number of fused-ring (bicyclic) bond motifs is 5. The summed E-state index contributed by atoms with van der Waals surface area (Å²) in [4.78, 5) is 0. The summed E-state index contributed by atoms with van der Waals surface area (Å²) in [7, 11) is 0. The van der Waals surface area contributed by atoms with Gasteiger partial charge >= 0.3 is 58.2 Å². The van der Waals surface area contributed by atoms with Crippen LogP contribution in [0, 0.1) is 51.8 Å². The quantitative estimate of drug-likeness (QED) is 0.676. The molecule has 0 spiro atoms. The van der Waals surface area contributed by atoms with Crippen molar-refractivity contribution in [3.8, 4) is 6.07 Å². The van der Waals surface area contributed by atoms with Gasteiger partial charge in [-0.15, -0.1) is 6.61 Å². The van der Waals surface area contributed by atoms with Gasteiger partial charge in [-0.2, -0.15) is 5.26 Å². The van der Waals surface area contributed by atoms with E-state index in [9.17, 15) is 15.5 Å². The molecule has 0 radical (unpaired) electrons. The summed E-state index contributed by atoms with van der Waals surface area (Å²) in [5, 5.41) is 32.0. The van der Waals surface area contributed by atoms with Crippen LogP contribution in [0.4, 0.5) is 0 Å². The van der Waals surface area contributed by atoms with Crippen LogP contribution < -0.4 is 63.3 Å². The van der Waals surface area contributed by atoms with Gasteiger partial charge in [0, 0.05) is 0 Å². The van der Waals surface area contributed by atoms with Crippen molar-refractivity contribution >= 4 is 0 Å². The Kier molecular flexibility index (Phi) is 7.47. The molecule has 0 saturated heterocycles. The van der Waals surface area contributed by atoms with Crippen molar-refractivity contribution in [2.24, 2.45) is 40.4 Å². The molecule has 7 unspecified atom stereocenters. The summed E-state index contributed by atoms with van der Waals surface area (Å²) >= 11 is 0. The molecule has 3 nitrogen and oxygen atoms in total. The van der Waals surface area contributed by atoms with E-state index in [1.807, 2.05) is 0 Å². The largest absolute Gasteiger partial charge is 1.00 e.